The number of amides is 3. The van der Waals surface area contributed by atoms with Crippen molar-refractivity contribution in [3.8, 4) is 0 Å². The zero-order chi connectivity index (χ0) is 25.8. The molecule has 0 fully saturated rings. The number of carbonyl (C=O) groups excluding carboxylic acids is 3. The van der Waals surface area contributed by atoms with Crippen molar-refractivity contribution < 1.29 is 14.4 Å². The number of halogens is 1. The number of nitrogens with two attached hydrogens (primary N) is 1. The number of nitrogens with one attached hydrogen (secondary N) is 2. The summed E-state index contributed by atoms with van der Waals surface area (Å²) in [6.07, 6.45) is 0.707. The zero-order valence-electron chi connectivity index (χ0n) is 20.3. The van der Waals surface area contributed by atoms with Gasteiger partial charge in [-0.2, -0.15) is 0 Å². The van der Waals surface area contributed by atoms with E-state index in [4.69, 9.17) is 17.3 Å². The second-order valence-electron chi connectivity index (χ2n) is 8.94. The van der Waals surface area contributed by atoms with E-state index in [1.165, 1.54) is 4.90 Å². The van der Waals surface area contributed by atoms with Gasteiger partial charge < -0.3 is 16.4 Å². The molecule has 3 amide bonds. The summed E-state index contributed by atoms with van der Waals surface area (Å²) in [7, 11) is 0. The Balaban J connectivity index is 1.63. The Morgan fingerprint density at radius 2 is 1.81 bits per heavy atom. The van der Waals surface area contributed by atoms with E-state index in [1.54, 1.807) is 42.5 Å². The minimum atomic E-state index is -0.691. The van der Waals surface area contributed by atoms with Crippen LogP contribution in [0.15, 0.2) is 66.7 Å². The van der Waals surface area contributed by atoms with E-state index in [2.05, 4.69) is 10.6 Å². The number of benzene rings is 3. The number of hydrogen-bond donors (Lipinski definition) is 3. The molecule has 36 heavy (non-hydrogen) atoms. The maximum absolute atomic E-state index is 13.6. The SMILES string of the molecule is CCC(C)C1C(=O)Nc2cc(C(=O)NCc3cccc(CN)c3)ccc2N1C(=O)c1cccc(Cl)c1. The molecule has 2 unspecified atom stereocenters. The predicted molar refractivity (Wildman–Crippen MR) is 142 cm³/mol. The lowest BCUT2D eigenvalue weighted by atomic mass is 9.92. The van der Waals surface area contributed by atoms with Gasteiger partial charge in [-0.3, -0.25) is 19.3 Å². The van der Waals surface area contributed by atoms with Crippen molar-refractivity contribution in [2.45, 2.75) is 39.4 Å². The summed E-state index contributed by atoms with van der Waals surface area (Å²) in [6, 6.07) is 18.6. The number of carbonyl (C=O) groups is 3. The Labute approximate surface area is 215 Å². The topological polar surface area (TPSA) is 105 Å². The fourth-order valence-corrected chi connectivity index (χ4v) is 4.53. The van der Waals surface area contributed by atoms with Gasteiger partial charge in [-0.1, -0.05) is 62.2 Å². The Kier molecular flexibility index (Phi) is 7.72. The van der Waals surface area contributed by atoms with Gasteiger partial charge in [0.05, 0.1) is 11.4 Å². The maximum atomic E-state index is 13.6. The lowest BCUT2D eigenvalue weighted by Gasteiger charge is -2.39. The Morgan fingerprint density at radius 1 is 1.06 bits per heavy atom. The molecule has 0 spiro atoms. The molecule has 0 aromatic heterocycles. The van der Waals surface area contributed by atoms with Crippen LogP contribution in [0.5, 0.6) is 0 Å². The third-order valence-electron chi connectivity index (χ3n) is 6.48. The summed E-state index contributed by atoms with van der Waals surface area (Å²) in [5.74, 6) is -0.991. The van der Waals surface area contributed by atoms with Crippen LogP contribution in [0.25, 0.3) is 0 Å². The van der Waals surface area contributed by atoms with Crippen molar-refractivity contribution in [2.24, 2.45) is 11.7 Å². The summed E-state index contributed by atoms with van der Waals surface area (Å²) >= 11 is 6.13. The second-order valence-corrected chi connectivity index (χ2v) is 9.38. The van der Waals surface area contributed by atoms with Crippen LogP contribution in [0, 0.1) is 5.92 Å². The van der Waals surface area contributed by atoms with Gasteiger partial charge >= 0.3 is 0 Å². The summed E-state index contributed by atoms with van der Waals surface area (Å²) in [6.45, 7) is 4.68. The number of anilines is 2. The number of fused-ring (bicyclic) bond motifs is 1. The van der Waals surface area contributed by atoms with E-state index >= 15 is 0 Å². The fraction of sp³-hybridized carbons (Fsp3) is 0.250. The van der Waals surface area contributed by atoms with Crippen LogP contribution in [-0.4, -0.2) is 23.8 Å². The van der Waals surface area contributed by atoms with Crippen LogP contribution in [-0.2, 0) is 17.9 Å². The van der Waals surface area contributed by atoms with E-state index in [1.807, 2.05) is 38.1 Å². The molecule has 3 aromatic rings. The number of hydrogen-bond acceptors (Lipinski definition) is 4. The van der Waals surface area contributed by atoms with Gasteiger partial charge in [-0.25, -0.2) is 0 Å². The highest BCUT2D eigenvalue weighted by molar-refractivity contribution is 6.31. The molecule has 186 valence electrons. The van der Waals surface area contributed by atoms with Crippen molar-refractivity contribution in [2.75, 3.05) is 10.2 Å². The molecule has 0 aliphatic carbocycles. The first kappa shape index (κ1) is 25.4. The lowest BCUT2D eigenvalue weighted by Crippen LogP contribution is -2.54. The number of rotatable bonds is 7. The minimum Gasteiger partial charge on any atom is -0.348 e. The smallest absolute Gasteiger partial charge is 0.259 e. The normalized spacial score (nSPS) is 15.6. The minimum absolute atomic E-state index is 0.0893. The Hall–Kier alpha value is -3.68. The highest BCUT2D eigenvalue weighted by Crippen LogP contribution is 2.37. The predicted octanol–water partition coefficient (Wildman–Crippen LogP) is 4.74. The summed E-state index contributed by atoms with van der Waals surface area (Å²) in [4.78, 5) is 41.2. The van der Waals surface area contributed by atoms with Crippen LogP contribution >= 0.6 is 11.6 Å². The van der Waals surface area contributed by atoms with E-state index in [9.17, 15) is 14.4 Å². The summed E-state index contributed by atoms with van der Waals surface area (Å²) < 4.78 is 0. The third kappa shape index (κ3) is 5.27. The quantitative estimate of drug-likeness (QED) is 0.432. The molecule has 3 aromatic carbocycles. The molecule has 4 N–H and O–H groups in total. The third-order valence-corrected chi connectivity index (χ3v) is 6.71. The van der Waals surface area contributed by atoms with Crippen LogP contribution in [0.2, 0.25) is 5.02 Å². The Morgan fingerprint density at radius 3 is 2.53 bits per heavy atom. The Bertz CT molecular complexity index is 1310. The molecule has 1 aliphatic heterocycles. The molecule has 0 bridgehead atoms. The van der Waals surface area contributed by atoms with Crippen molar-refractivity contribution >= 4 is 40.7 Å². The van der Waals surface area contributed by atoms with Crippen LogP contribution in [0.4, 0.5) is 11.4 Å². The van der Waals surface area contributed by atoms with Gasteiger partial charge in [0.1, 0.15) is 6.04 Å². The molecule has 4 rings (SSSR count). The average molecular weight is 505 g/mol. The van der Waals surface area contributed by atoms with E-state index in [0.29, 0.717) is 47.0 Å². The van der Waals surface area contributed by atoms with Gasteiger partial charge in [-0.05, 0) is 53.4 Å². The first-order valence-corrected chi connectivity index (χ1v) is 12.3. The monoisotopic (exact) mass is 504 g/mol. The van der Waals surface area contributed by atoms with Gasteiger partial charge in [0.2, 0.25) is 5.91 Å². The van der Waals surface area contributed by atoms with Gasteiger partial charge in [0, 0.05) is 29.2 Å². The second kappa shape index (κ2) is 10.9. The molecule has 0 radical (unpaired) electrons. The molecule has 1 aliphatic rings. The average Bonchev–Trinajstić information content (AvgIpc) is 2.89. The molecule has 2 atom stereocenters. The fourth-order valence-electron chi connectivity index (χ4n) is 4.34. The lowest BCUT2D eigenvalue weighted by molar-refractivity contribution is -0.118. The molecule has 0 saturated carbocycles. The van der Waals surface area contributed by atoms with E-state index in [0.717, 1.165) is 11.1 Å². The molecular formula is C28H29ClN4O3. The zero-order valence-corrected chi connectivity index (χ0v) is 21.0. The van der Waals surface area contributed by atoms with Crippen molar-refractivity contribution in [3.63, 3.8) is 0 Å². The van der Waals surface area contributed by atoms with E-state index in [-0.39, 0.29) is 23.6 Å². The highest BCUT2D eigenvalue weighted by atomic mass is 35.5. The summed E-state index contributed by atoms with van der Waals surface area (Å²) in [5, 5.41) is 6.24. The largest absolute Gasteiger partial charge is 0.348 e. The summed E-state index contributed by atoms with van der Waals surface area (Å²) in [5.41, 5.74) is 9.33. The highest BCUT2D eigenvalue weighted by Gasteiger charge is 2.40. The first-order chi connectivity index (χ1) is 17.3. The van der Waals surface area contributed by atoms with Gasteiger partial charge in [0.25, 0.3) is 11.8 Å². The van der Waals surface area contributed by atoms with Gasteiger partial charge in [0.15, 0.2) is 0 Å². The maximum Gasteiger partial charge on any atom is 0.259 e. The van der Waals surface area contributed by atoms with Crippen LogP contribution < -0.4 is 21.3 Å². The molecule has 7 nitrogen and oxygen atoms in total. The molecular weight excluding hydrogens is 476 g/mol. The van der Waals surface area contributed by atoms with Crippen molar-refractivity contribution in [1.82, 2.24) is 5.32 Å². The molecule has 8 heteroatoms. The van der Waals surface area contributed by atoms with Crippen LogP contribution in [0.3, 0.4) is 0 Å². The van der Waals surface area contributed by atoms with Gasteiger partial charge in [-0.15, -0.1) is 0 Å². The first-order valence-electron chi connectivity index (χ1n) is 11.9. The van der Waals surface area contributed by atoms with Crippen molar-refractivity contribution in [3.05, 3.63) is 94.0 Å². The van der Waals surface area contributed by atoms with E-state index < -0.39 is 6.04 Å². The van der Waals surface area contributed by atoms with Crippen molar-refractivity contribution in [1.29, 1.82) is 0 Å². The molecule has 0 saturated heterocycles. The van der Waals surface area contributed by atoms with Crippen LogP contribution in [0.1, 0.15) is 52.1 Å². The molecule has 1 heterocycles. The standard InChI is InChI=1S/C28H29ClN4O3/c1-3-17(2)25-27(35)32-23-14-20(26(34)31-16-19-7-4-6-18(12-19)15-30)10-11-24(23)33(25)28(36)21-8-5-9-22(29)13-21/h4-14,17,25H,3,15-16,30H2,1-2H3,(H,31,34)(H,32,35). The number of nitrogens with zero attached hydrogens (tertiary/aromatic N) is 1.